The molecule has 0 bridgehead atoms. The first-order chi connectivity index (χ1) is 16.8. The summed E-state index contributed by atoms with van der Waals surface area (Å²) < 4.78 is 20.8. The molecule has 9 heteroatoms. The standard InChI is InChI=1S/C26H39NO8/c1-4-6-8-11-24(29)34-22-14-13-20(18-23(22)35-25(30)12-9-7-5-2)17-21(27)26(31)33-16-10-15-32-19(3)28/h13-14,18,21H,4-12,15-17,27H2,1-3H3. The molecular weight excluding hydrogens is 454 g/mol. The number of hydrogen-bond donors (Lipinski definition) is 1. The van der Waals surface area contributed by atoms with Crippen molar-refractivity contribution in [3.63, 3.8) is 0 Å². The SMILES string of the molecule is CCCCCC(=O)Oc1ccc(CC(N)C(=O)OCCCOC(C)=O)cc1OC(=O)CCCCC. The first-order valence-corrected chi connectivity index (χ1v) is 12.4. The lowest BCUT2D eigenvalue weighted by molar-refractivity contribution is -0.146. The van der Waals surface area contributed by atoms with Crippen LogP contribution in [0.3, 0.4) is 0 Å². The highest BCUT2D eigenvalue weighted by molar-refractivity contribution is 5.77. The van der Waals surface area contributed by atoms with Gasteiger partial charge in [-0.3, -0.25) is 19.2 Å². The van der Waals surface area contributed by atoms with Gasteiger partial charge in [0.05, 0.1) is 13.2 Å². The average Bonchev–Trinajstić information content (AvgIpc) is 2.80. The number of carbonyl (C=O) groups excluding carboxylic acids is 4. The van der Waals surface area contributed by atoms with Gasteiger partial charge in [-0.15, -0.1) is 0 Å². The molecule has 0 saturated carbocycles. The Labute approximate surface area is 207 Å². The number of unbranched alkanes of at least 4 members (excludes halogenated alkanes) is 4. The summed E-state index contributed by atoms with van der Waals surface area (Å²) >= 11 is 0. The van der Waals surface area contributed by atoms with Gasteiger partial charge in [0, 0.05) is 26.2 Å². The Morgan fingerprint density at radius 2 is 1.37 bits per heavy atom. The molecule has 0 aliphatic heterocycles. The van der Waals surface area contributed by atoms with Crippen LogP contribution in [0.25, 0.3) is 0 Å². The molecule has 1 aromatic carbocycles. The van der Waals surface area contributed by atoms with Crippen LogP contribution < -0.4 is 15.2 Å². The van der Waals surface area contributed by atoms with E-state index in [0.29, 0.717) is 18.4 Å². The highest BCUT2D eigenvalue weighted by Gasteiger charge is 2.19. The number of carbonyl (C=O) groups is 4. The summed E-state index contributed by atoms with van der Waals surface area (Å²) in [5.41, 5.74) is 6.60. The van der Waals surface area contributed by atoms with Crippen molar-refractivity contribution in [3.8, 4) is 11.5 Å². The molecule has 196 valence electrons. The van der Waals surface area contributed by atoms with E-state index in [1.807, 2.05) is 13.8 Å². The van der Waals surface area contributed by atoms with Crippen molar-refractivity contribution in [2.75, 3.05) is 13.2 Å². The molecular formula is C26H39NO8. The van der Waals surface area contributed by atoms with Crippen LogP contribution in [0.15, 0.2) is 18.2 Å². The molecule has 0 radical (unpaired) electrons. The summed E-state index contributed by atoms with van der Waals surface area (Å²) in [5, 5.41) is 0. The van der Waals surface area contributed by atoms with Crippen LogP contribution in [0.1, 0.15) is 84.1 Å². The van der Waals surface area contributed by atoms with Crippen molar-refractivity contribution in [2.24, 2.45) is 5.73 Å². The molecule has 1 aromatic rings. The molecule has 0 aromatic heterocycles. The topological polar surface area (TPSA) is 131 Å². The number of benzene rings is 1. The van der Waals surface area contributed by atoms with E-state index < -0.39 is 29.9 Å². The Morgan fingerprint density at radius 3 is 1.94 bits per heavy atom. The van der Waals surface area contributed by atoms with Crippen LogP contribution in [0.4, 0.5) is 0 Å². The lowest BCUT2D eigenvalue weighted by atomic mass is 10.1. The lowest BCUT2D eigenvalue weighted by Crippen LogP contribution is -2.34. The third-order valence-electron chi connectivity index (χ3n) is 5.02. The van der Waals surface area contributed by atoms with Gasteiger partial charge in [-0.1, -0.05) is 45.6 Å². The molecule has 0 saturated heterocycles. The van der Waals surface area contributed by atoms with Gasteiger partial charge < -0.3 is 24.7 Å². The van der Waals surface area contributed by atoms with Crippen LogP contribution in [-0.4, -0.2) is 43.1 Å². The average molecular weight is 494 g/mol. The Hall–Kier alpha value is -2.94. The van der Waals surface area contributed by atoms with Crippen molar-refractivity contribution in [1.82, 2.24) is 0 Å². The van der Waals surface area contributed by atoms with E-state index in [9.17, 15) is 19.2 Å². The van der Waals surface area contributed by atoms with E-state index in [2.05, 4.69) is 0 Å². The third kappa shape index (κ3) is 13.5. The van der Waals surface area contributed by atoms with Gasteiger partial charge in [0.2, 0.25) is 0 Å². The summed E-state index contributed by atoms with van der Waals surface area (Å²) in [6, 6.07) is 3.81. The second-order valence-corrected chi connectivity index (χ2v) is 8.32. The molecule has 2 N–H and O–H groups in total. The molecule has 0 aliphatic rings. The summed E-state index contributed by atoms with van der Waals surface area (Å²) in [4.78, 5) is 47.4. The molecule has 0 amide bonds. The summed E-state index contributed by atoms with van der Waals surface area (Å²) in [7, 11) is 0. The minimum Gasteiger partial charge on any atom is -0.466 e. The van der Waals surface area contributed by atoms with E-state index in [-0.39, 0.29) is 44.0 Å². The van der Waals surface area contributed by atoms with Crippen molar-refractivity contribution in [2.45, 2.75) is 91.0 Å². The molecule has 35 heavy (non-hydrogen) atoms. The van der Waals surface area contributed by atoms with Gasteiger partial charge in [0.15, 0.2) is 11.5 Å². The van der Waals surface area contributed by atoms with Gasteiger partial charge in [0.1, 0.15) is 6.04 Å². The predicted octanol–water partition coefficient (Wildman–Crippen LogP) is 4.02. The Bertz CT molecular complexity index is 824. The zero-order valence-corrected chi connectivity index (χ0v) is 21.1. The van der Waals surface area contributed by atoms with Gasteiger partial charge in [0.25, 0.3) is 0 Å². The first kappa shape index (κ1) is 30.1. The van der Waals surface area contributed by atoms with Gasteiger partial charge in [-0.05, 0) is 37.0 Å². The first-order valence-electron chi connectivity index (χ1n) is 12.4. The number of nitrogens with two attached hydrogens (primary N) is 1. The van der Waals surface area contributed by atoms with E-state index >= 15 is 0 Å². The number of rotatable bonds is 17. The summed E-state index contributed by atoms with van der Waals surface area (Å²) in [5.74, 6) is -1.54. The smallest absolute Gasteiger partial charge is 0.323 e. The molecule has 1 rings (SSSR count). The van der Waals surface area contributed by atoms with E-state index in [0.717, 1.165) is 32.1 Å². The lowest BCUT2D eigenvalue weighted by Gasteiger charge is -2.15. The highest BCUT2D eigenvalue weighted by Crippen LogP contribution is 2.30. The molecule has 0 heterocycles. The zero-order chi connectivity index (χ0) is 26.1. The van der Waals surface area contributed by atoms with Crippen LogP contribution in [-0.2, 0) is 35.1 Å². The van der Waals surface area contributed by atoms with E-state index in [4.69, 9.17) is 24.7 Å². The number of hydrogen-bond acceptors (Lipinski definition) is 9. The second kappa shape index (κ2) is 17.5. The minimum absolute atomic E-state index is 0.0767. The van der Waals surface area contributed by atoms with Crippen molar-refractivity contribution in [1.29, 1.82) is 0 Å². The van der Waals surface area contributed by atoms with Gasteiger partial charge in [-0.2, -0.15) is 0 Å². The quantitative estimate of drug-likeness (QED) is 0.194. The molecule has 0 fully saturated rings. The second-order valence-electron chi connectivity index (χ2n) is 8.32. The summed E-state index contributed by atoms with van der Waals surface area (Å²) in [6.45, 7) is 5.62. The Balaban J connectivity index is 2.80. The Morgan fingerprint density at radius 1 is 0.800 bits per heavy atom. The van der Waals surface area contributed by atoms with Crippen LogP contribution >= 0.6 is 0 Å². The fraction of sp³-hybridized carbons (Fsp3) is 0.615. The largest absolute Gasteiger partial charge is 0.466 e. The maximum absolute atomic E-state index is 12.3. The third-order valence-corrected chi connectivity index (χ3v) is 5.02. The van der Waals surface area contributed by atoms with Gasteiger partial charge >= 0.3 is 23.9 Å². The maximum atomic E-state index is 12.3. The molecule has 9 nitrogen and oxygen atoms in total. The number of ether oxygens (including phenoxy) is 4. The van der Waals surface area contributed by atoms with Crippen molar-refractivity contribution >= 4 is 23.9 Å². The molecule has 1 atom stereocenters. The monoisotopic (exact) mass is 493 g/mol. The molecule has 1 unspecified atom stereocenters. The molecule has 0 spiro atoms. The normalized spacial score (nSPS) is 11.4. The summed E-state index contributed by atoms with van der Waals surface area (Å²) in [6.07, 6.45) is 6.24. The van der Waals surface area contributed by atoms with Gasteiger partial charge in [-0.25, -0.2) is 0 Å². The minimum atomic E-state index is -0.945. The van der Waals surface area contributed by atoms with Crippen LogP contribution in [0, 0.1) is 0 Å². The predicted molar refractivity (Wildman–Crippen MR) is 130 cm³/mol. The Kier molecular flexibility index (Phi) is 15.0. The maximum Gasteiger partial charge on any atom is 0.323 e. The van der Waals surface area contributed by atoms with Crippen molar-refractivity contribution in [3.05, 3.63) is 23.8 Å². The van der Waals surface area contributed by atoms with Crippen LogP contribution in [0.5, 0.6) is 11.5 Å². The fourth-order valence-corrected chi connectivity index (χ4v) is 3.12. The van der Waals surface area contributed by atoms with E-state index in [1.54, 1.807) is 18.2 Å². The number of esters is 4. The van der Waals surface area contributed by atoms with Crippen LogP contribution in [0.2, 0.25) is 0 Å². The van der Waals surface area contributed by atoms with Crippen molar-refractivity contribution < 1.29 is 38.1 Å². The zero-order valence-electron chi connectivity index (χ0n) is 21.1. The highest BCUT2D eigenvalue weighted by atomic mass is 16.6. The molecule has 0 aliphatic carbocycles. The van der Waals surface area contributed by atoms with E-state index in [1.165, 1.54) is 6.92 Å². The fourth-order valence-electron chi connectivity index (χ4n) is 3.12.